The number of hydrogen-bond acceptors (Lipinski definition) is 3. The standard InChI is InChI=1S/C13H21ClN2O/c1-8(7-15)4-12(16)11-6-10(14)5-9(2)13(11)17-3/h5-6,8,12H,4,7,15-16H2,1-3H3. The number of benzene rings is 1. The molecule has 0 fully saturated rings. The molecule has 0 saturated heterocycles. The maximum Gasteiger partial charge on any atom is 0.126 e. The van der Waals surface area contributed by atoms with Gasteiger partial charge in [0, 0.05) is 16.6 Å². The molecule has 0 bridgehead atoms. The lowest BCUT2D eigenvalue weighted by Gasteiger charge is -2.20. The molecule has 0 spiro atoms. The second kappa shape index (κ2) is 6.24. The van der Waals surface area contributed by atoms with Gasteiger partial charge in [0.25, 0.3) is 0 Å². The Labute approximate surface area is 108 Å². The molecule has 0 heterocycles. The van der Waals surface area contributed by atoms with Crippen LogP contribution < -0.4 is 16.2 Å². The summed E-state index contributed by atoms with van der Waals surface area (Å²) in [5, 5.41) is 0.689. The Bertz CT molecular complexity index is 382. The highest BCUT2D eigenvalue weighted by Crippen LogP contribution is 2.33. The van der Waals surface area contributed by atoms with Gasteiger partial charge in [-0.2, -0.15) is 0 Å². The normalized spacial score (nSPS) is 14.5. The van der Waals surface area contributed by atoms with Crippen molar-refractivity contribution in [3.63, 3.8) is 0 Å². The van der Waals surface area contributed by atoms with Crippen molar-refractivity contribution in [1.82, 2.24) is 0 Å². The first-order valence-electron chi connectivity index (χ1n) is 5.79. The molecule has 0 aliphatic heterocycles. The average molecular weight is 257 g/mol. The van der Waals surface area contributed by atoms with Gasteiger partial charge in [-0.15, -0.1) is 0 Å². The summed E-state index contributed by atoms with van der Waals surface area (Å²) in [6, 6.07) is 3.66. The second-order valence-electron chi connectivity index (χ2n) is 4.53. The van der Waals surface area contributed by atoms with Gasteiger partial charge >= 0.3 is 0 Å². The molecule has 0 aliphatic rings. The fourth-order valence-corrected chi connectivity index (χ4v) is 2.25. The minimum atomic E-state index is -0.0964. The van der Waals surface area contributed by atoms with Gasteiger partial charge in [-0.25, -0.2) is 0 Å². The van der Waals surface area contributed by atoms with Crippen molar-refractivity contribution in [1.29, 1.82) is 0 Å². The molecule has 96 valence electrons. The first-order valence-corrected chi connectivity index (χ1v) is 6.17. The number of aryl methyl sites for hydroxylation is 1. The van der Waals surface area contributed by atoms with Crippen molar-refractivity contribution < 1.29 is 4.74 Å². The van der Waals surface area contributed by atoms with Gasteiger partial charge in [0.05, 0.1) is 7.11 Å². The summed E-state index contributed by atoms with van der Waals surface area (Å²) in [7, 11) is 1.65. The Morgan fingerprint density at radius 3 is 2.59 bits per heavy atom. The summed E-state index contributed by atoms with van der Waals surface area (Å²) in [5.41, 5.74) is 13.8. The van der Waals surface area contributed by atoms with Gasteiger partial charge < -0.3 is 16.2 Å². The Hall–Kier alpha value is -0.770. The van der Waals surface area contributed by atoms with E-state index in [9.17, 15) is 0 Å². The van der Waals surface area contributed by atoms with E-state index in [1.54, 1.807) is 7.11 Å². The van der Waals surface area contributed by atoms with Crippen LogP contribution in [-0.2, 0) is 0 Å². The lowest BCUT2D eigenvalue weighted by Crippen LogP contribution is -2.20. The van der Waals surface area contributed by atoms with Crippen LogP contribution >= 0.6 is 11.6 Å². The highest BCUT2D eigenvalue weighted by Gasteiger charge is 2.17. The highest BCUT2D eigenvalue weighted by molar-refractivity contribution is 6.30. The number of halogens is 1. The van der Waals surface area contributed by atoms with Gasteiger partial charge in [-0.3, -0.25) is 0 Å². The van der Waals surface area contributed by atoms with E-state index in [2.05, 4.69) is 6.92 Å². The van der Waals surface area contributed by atoms with E-state index in [0.717, 1.165) is 23.3 Å². The number of hydrogen-bond donors (Lipinski definition) is 2. The molecule has 0 saturated carbocycles. The zero-order valence-corrected chi connectivity index (χ0v) is 11.4. The number of rotatable bonds is 5. The van der Waals surface area contributed by atoms with Crippen LogP contribution in [0.1, 0.15) is 30.5 Å². The summed E-state index contributed by atoms with van der Waals surface area (Å²) >= 11 is 6.06. The van der Waals surface area contributed by atoms with Crippen molar-refractivity contribution in [3.05, 3.63) is 28.3 Å². The largest absolute Gasteiger partial charge is 0.496 e. The van der Waals surface area contributed by atoms with Crippen molar-refractivity contribution in [2.45, 2.75) is 26.3 Å². The Morgan fingerprint density at radius 1 is 1.41 bits per heavy atom. The van der Waals surface area contributed by atoms with E-state index in [1.807, 2.05) is 19.1 Å². The highest BCUT2D eigenvalue weighted by atomic mass is 35.5. The third-order valence-corrected chi connectivity index (χ3v) is 3.15. The quantitative estimate of drug-likeness (QED) is 0.851. The molecular formula is C13H21ClN2O. The second-order valence-corrected chi connectivity index (χ2v) is 4.96. The van der Waals surface area contributed by atoms with E-state index < -0.39 is 0 Å². The number of ether oxygens (including phenoxy) is 1. The van der Waals surface area contributed by atoms with Crippen molar-refractivity contribution >= 4 is 11.6 Å². The third-order valence-electron chi connectivity index (χ3n) is 2.93. The van der Waals surface area contributed by atoms with Crippen molar-refractivity contribution in [2.75, 3.05) is 13.7 Å². The number of methoxy groups -OCH3 is 1. The Balaban J connectivity index is 3.02. The molecule has 0 aliphatic carbocycles. The van der Waals surface area contributed by atoms with Crippen LogP contribution in [0.15, 0.2) is 12.1 Å². The smallest absolute Gasteiger partial charge is 0.126 e. The first-order chi connectivity index (χ1) is 7.99. The summed E-state index contributed by atoms with van der Waals surface area (Å²) < 4.78 is 5.40. The molecule has 0 radical (unpaired) electrons. The molecule has 2 unspecified atom stereocenters. The fraction of sp³-hybridized carbons (Fsp3) is 0.538. The minimum absolute atomic E-state index is 0.0964. The topological polar surface area (TPSA) is 61.3 Å². The predicted molar refractivity (Wildman–Crippen MR) is 72.5 cm³/mol. The average Bonchev–Trinajstić information content (AvgIpc) is 2.27. The van der Waals surface area contributed by atoms with Crippen LogP contribution in [-0.4, -0.2) is 13.7 Å². The molecule has 4 N–H and O–H groups in total. The molecule has 17 heavy (non-hydrogen) atoms. The van der Waals surface area contributed by atoms with Crippen LogP contribution in [0.2, 0.25) is 5.02 Å². The molecule has 3 nitrogen and oxygen atoms in total. The van der Waals surface area contributed by atoms with E-state index in [1.165, 1.54) is 0 Å². The summed E-state index contributed by atoms with van der Waals surface area (Å²) in [5.74, 6) is 1.21. The molecule has 1 rings (SSSR count). The van der Waals surface area contributed by atoms with Crippen LogP contribution in [0.5, 0.6) is 5.75 Å². The summed E-state index contributed by atoms with van der Waals surface area (Å²) in [4.78, 5) is 0. The lowest BCUT2D eigenvalue weighted by atomic mass is 9.95. The van der Waals surface area contributed by atoms with Crippen molar-refractivity contribution in [3.8, 4) is 5.75 Å². The summed E-state index contributed by atoms with van der Waals surface area (Å²) in [6.45, 7) is 4.69. The molecule has 2 atom stereocenters. The maximum absolute atomic E-state index is 6.19. The van der Waals surface area contributed by atoms with E-state index in [-0.39, 0.29) is 6.04 Å². The Kier molecular flexibility index (Phi) is 5.25. The molecule has 4 heteroatoms. The third kappa shape index (κ3) is 3.60. The minimum Gasteiger partial charge on any atom is -0.496 e. The molecular weight excluding hydrogens is 236 g/mol. The van der Waals surface area contributed by atoms with Gasteiger partial charge in [0.2, 0.25) is 0 Å². The van der Waals surface area contributed by atoms with Crippen molar-refractivity contribution in [2.24, 2.45) is 17.4 Å². The van der Waals surface area contributed by atoms with E-state index in [0.29, 0.717) is 17.5 Å². The zero-order valence-electron chi connectivity index (χ0n) is 10.7. The van der Waals surface area contributed by atoms with Crippen LogP contribution in [0.3, 0.4) is 0 Å². The van der Waals surface area contributed by atoms with Crippen LogP contribution in [0.4, 0.5) is 0 Å². The van der Waals surface area contributed by atoms with Gasteiger partial charge in [-0.1, -0.05) is 18.5 Å². The fourth-order valence-electron chi connectivity index (χ4n) is 1.97. The molecule has 1 aromatic carbocycles. The van der Waals surface area contributed by atoms with Gasteiger partial charge in [0.15, 0.2) is 0 Å². The Morgan fingerprint density at radius 2 is 2.06 bits per heavy atom. The SMILES string of the molecule is COc1c(C)cc(Cl)cc1C(N)CC(C)CN. The predicted octanol–water partition coefficient (Wildman–Crippen LogP) is 2.64. The number of nitrogens with two attached hydrogens (primary N) is 2. The lowest BCUT2D eigenvalue weighted by molar-refractivity contribution is 0.394. The van der Waals surface area contributed by atoms with Gasteiger partial charge in [-0.05, 0) is 43.5 Å². The monoisotopic (exact) mass is 256 g/mol. The molecule has 0 aromatic heterocycles. The molecule has 0 amide bonds. The van der Waals surface area contributed by atoms with E-state index >= 15 is 0 Å². The first kappa shape index (κ1) is 14.3. The maximum atomic E-state index is 6.19. The van der Waals surface area contributed by atoms with Crippen LogP contribution in [0.25, 0.3) is 0 Å². The van der Waals surface area contributed by atoms with E-state index in [4.69, 9.17) is 27.8 Å². The summed E-state index contributed by atoms with van der Waals surface area (Å²) in [6.07, 6.45) is 0.826. The zero-order chi connectivity index (χ0) is 13.0. The van der Waals surface area contributed by atoms with Gasteiger partial charge in [0.1, 0.15) is 5.75 Å². The van der Waals surface area contributed by atoms with Crippen LogP contribution in [0, 0.1) is 12.8 Å². The molecule has 1 aromatic rings.